The summed E-state index contributed by atoms with van der Waals surface area (Å²) in [7, 11) is 0. The highest BCUT2D eigenvalue weighted by atomic mass is 16.5. The Labute approximate surface area is 182 Å². The molecule has 31 heavy (non-hydrogen) atoms. The highest BCUT2D eigenvalue weighted by Gasteiger charge is 2.12. The summed E-state index contributed by atoms with van der Waals surface area (Å²) in [4.78, 5) is 24.7. The Morgan fingerprint density at radius 3 is 1.58 bits per heavy atom. The number of unbranched alkanes of at least 4 members (excludes halogenated alkanes) is 1. The summed E-state index contributed by atoms with van der Waals surface area (Å²) in [5, 5.41) is 0. The lowest BCUT2D eigenvalue weighted by atomic mass is 10.1. The van der Waals surface area contributed by atoms with E-state index in [1.165, 1.54) is 5.56 Å². The average Bonchev–Trinajstić information content (AvgIpc) is 2.80. The van der Waals surface area contributed by atoms with Crippen LogP contribution in [-0.4, -0.2) is 18.5 Å². The van der Waals surface area contributed by atoms with Crippen molar-refractivity contribution < 1.29 is 23.8 Å². The van der Waals surface area contributed by atoms with E-state index < -0.39 is 11.9 Å². The molecule has 0 atom stereocenters. The van der Waals surface area contributed by atoms with Crippen LogP contribution < -0.4 is 14.2 Å². The van der Waals surface area contributed by atoms with Crippen LogP contribution in [-0.2, 0) is 6.42 Å². The van der Waals surface area contributed by atoms with Crippen molar-refractivity contribution in [2.24, 2.45) is 0 Å². The molecule has 0 spiro atoms. The third kappa shape index (κ3) is 6.44. The molecule has 0 radical (unpaired) electrons. The van der Waals surface area contributed by atoms with E-state index in [9.17, 15) is 9.59 Å². The molecule has 0 saturated carbocycles. The molecule has 0 aliphatic rings. The zero-order valence-corrected chi connectivity index (χ0v) is 17.8. The van der Waals surface area contributed by atoms with Gasteiger partial charge in [0.15, 0.2) is 0 Å². The van der Waals surface area contributed by atoms with E-state index >= 15 is 0 Å². The summed E-state index contributed by atoms with van der Waals surface area (Å²) in [6.07, 6.45) is 3.25. The minimum absolute atomic E-state index is 0.356. The maximum atomic E-state index is 12.3. The fourth-order valence-corrected chi connectivity index (χ4v) is 2.95. The van der Waals surface area contributed by atoms with Gasteiger partial charge in [-0.25, -0.2) is 9.59 Å². The van der Waals surface area contributed by atoms with E-state index in [4.69, 9.17) is 14.2 Å². The van der Waals surface area contributed by atoms with Gasteiger partial charge < -0.3 is 14.2 Å². The van der Waals surface area contributed by atoms with Crippen LogP contribution >= 0.6 is 0 Å². The van der Waals surface area contributed by atoms with Crippen molar-refractivity contribution in [3.05, 3.63) is 89.5 Å². The molecule has 5 heteroatoms. The Hall–Kier alpha value is -3.60. The quantitative estimate of drug-likeness (QED) is 0.321. The van der Waals surface area contributed by atoms with Gasteiger partial charge in [-0.3, -0.25) is 0 Å². The number of aryl methyl sites for hydroxylation is 1. The molecule has 0 unspecified atom stereocenters. The number of rotatable bonds is 9. The van der Waals surface area contributed by atoms with Crippen LogP contribution in [0.3, 0.4) is 0 Å². The molecule has 3 rings (SSSR count). The number of esters is 2. The van der Waals surface area contributed by atoms with Gasteiger partial charge in [0, 0.05) is 0 Å². The number of hydrogen-bond donors (Lipinski definition) is 0. The second-order valence-corrected chi connectivity index (χ2v) is 7.01. The van der Waals surface area contributed by atoms with Crippen molar-refractivity contribution >= 4 is 11.9 Å². The monoisotopic (exact) mass is 418 g/mol. The van der Waals surface area contributed by atoms with Gasteiger partial charge in [0.1, 0.15) is 17.2 Å². The summed E-state index contributed by atoms with van der Waals surface area (Å²) >= 11 is 0. The van der Waals surface area contributed by atoms with Gasteiger partial charge in [0.25, 0.3) is 0 Å². The summed E-state index contributed by atoms with van der Waals surface area (Å²) in [5.41, 5.74) is 2.04. The molecule has 5 nitrogen and oxygen atoms in total. The third-order valence-corrected chi connectivity index (χ3v) is 4.65. The second-order valence-electron chi connectivity index (χ2n) is 7.01. The Balaban J connectivity index is 1.56. The fraction of sp³-hybridized carbons (Fsp3) is 0.231. The van der Waals surface area contributed by atoms with E-state index in [1.807, 2.05) is 19.1 Å². The van der Waals surface area contributed by atoms with Gasteiger partial charge in [0.2, 0.25) is 0 Å². The third-order valence-electron chi connectivity index (χ3n) is 4.65. The Kier molecular flexibility index (Phi) is 7.82. The molecule has 160 valence electrons. The molecule has 0 aliphatic carbocycles. The van der Waals surface area contributed by atoms with E-state index in [0.29, 0.717) is 35.0 Å². The molecule has 0 bridgehead atoms. The molecule has 0 saturated heterocycles. The van der Waals surface area contributed by atoms with Gasteiger partial charge in [0.05, 0.1) is 17.7 Å². The first-order valence-corrected chi connectivity index (χ1v) is 10.4. The van der Waals surface area contributed by atoms with Crippen LogP contribution in [0.5, 0.6) is 17.2 Å². The molecule has 0 fully saturated rings. The first kappa shape index (κ1) is 22.1. The maximum absolute atomic E-state index is 12.3. The lowest BCUT2D eigenvalue weighted by molar-refractivity contribution is 0.0730. The summed E-state index contributed by atoms with van der Waals surface area (Å²) in [5.74, 6) is 0.560. The van der Waals surface area contributed by atoms with E-state index in [2.05, 4.69) is 6.92 Å². The van der Waals surface area contributed by atoms with Gasteiger partial charge in [-0.05, 0) is 86.0 Å². The largest absolute Gasteiger partial charge is 0.494 e. The molecular formula is C26H26O5. The topological polar surface area (TPSA) is 61.8 Å². The zero-order valence-electron chi connectivity index (χ0n) is 17.8. The van der Waals surface area contributed by atoms with Crippen molar-refractivity contribution in [3.8, 4) is 17.2 Å². The van der Waals surface area contributed by atoms with Crippen LogP contribution in [0.2, 0.25) is 0 Å². The number of ether oxygens (including phenoxy) is 3. The van der Waals surface area contributed by atoms with Crippen molar-refractivity contribution in [3.63, 3.8) is 0 Å². The van der Waals surface area contributed by atoms with Gasteiger partial charge in [-0.15, -0.1) is 0 Å². The van der Waals surface area contributed by atoms with E-state index in [-0.39, 0.29) is 0 Å². The average molecular weight is 418 g/mol. The second kappa shape index (κ2) is 11.0. The first-order chi connectivity index (χ1) is 15.1. The molecule has 3 aromatic rings. The number of carbonyl (C=O) groups is 2. The fourth-order valence-electron chi connectivity index (χ4n) is 2.95. The zero-order chi connectivity index (χ0) is 22.1. The van der Waals surface area contributed by atoms with Crippen LogP contribution in [0, 0.1) is 0 Å². The molecule has 0 N–H and O–H groups in total. The van der Waals surface area contributed by atoms with Crippen molar-refractivity contribution in [1.29, 1.82) is 0 Å². The Bertz CT molecular complexity index is 989. The SMILES string of the molecule is CCCCc1ccc(C(=O)Oc2ccc(C(=O)Oc3ccc(OCC)cc3)cc2)cc1. The molecule has 0 aliphatic heterocycles. The van der Waals surface area contributed by atoms with Crippen LogP contribution in [0.1, 0.15) is 53.0 Å². The van der Waals surface area contributed by atoms with Crippen LogP contribution in [0.4, 0.5) is 0 Å². The maximum Gasteiger partial charge on any atom is 0.343 e. The van der Waals surface area contributed by atoms with Crippen molar-refractivity contribution in [2.45, 2.75) is 33.1 Å². The first-order valence-electron chi connectivity index (χ1n) is 10.4. The summed E-state index contributed by atoms with van der Waals surface area (Å²) < 4.78 is 16.1. The van der Waals surface area contributed by atoms with Crippen molar-refractivity contribution in [2.75, 3.05) is 6.61 Å². The van der Waals surface area contributed by atoms with Gasteiger partial charge >= 0.3 is 11.9 Å². The highest BCUT2D eigenvalue weighted by Crippen LogP contribution is 2.20. The Morgan fingerprint density at radius 1 is 0.645 bits per heavy atom. The highest BCUT2D eigenvalue weighted by molar-refractivity contribution is 5.92. The summed E-state index contributed by atoms with van der Waals surface area (Å²) in [6, 6.07) is 20.5. The molecular weight excluding hydrogens is 392 g/mol. The number of benzene rings is 3. The predicted molar refractivity (Wildman–Crippen MR) is 119 cm³/mol. The standard InChI is InChI=1S/C26H26O5/c1-3-5-6-19-7-9-20(10-8-19)25(27)30-23-13-11-21(12-14-23)26(28)31-24-17-15-22(16-18-24)29-4-2/h7-18H,3-6H2,1-2H3. The van der Waals surface area contributed by atoms with Crippen molar-refractivity contribution in [1.82, 2.24) is 0 Å². The Morgan fingerprint density at radius 2 is 1.10 bits per heavy atom. The lowest BCUT2D eigenvalue weighted by Crippen LogP contribution is -2.10. The lowest BCUT2D eigenvalue weighted by Gasteiger charge is -2.08. The van der Waals surface area contributed by atoms with Gasteiger partial charge in [-0.2, -0.15) is 0 Å². The van der Waals surface area contributed by atoms with E-state index in [1.54, 1.807) is 60.7 Å². The molecule has 0 amide bonds. The van der Waals surface area contributed by atoms with E-state index in [0.717, 1.165) is 19.3 Å². The predicted octanol–water partition coefficient (Wildman–Crippen LogP) is 5.87. The van der Waals surface area contributed by atoms with Crippen LogP contribution in [0.15, 0.2) is 72.8 Å². The minimum atomic E-state index is -0.496. The van der Waals surface area contributed by atoms with Gasteiger partial charge in [-0.1, -0.05) is 25.5 Å². The normalized spacial score (nSPS) is 10.4. The summed E-state index contributed by atoms with van der Waals surface area (Å²) in [6.45, 7) is 4.62. The number of hydrogen-bond acceptors (Lipinski definition) is 5. The minimum Gasteiger partial charge on any atom is -0.494 e. The van der Waals surface area contributed by atoms with Crippen LogP contribution in [0.25, 0.3) is 0 Å². The molecule has 0 aromatic heterocycles. The molecule has 0 heterocycles. The smallest absolute Gasteiger partial charge is 0.343 e. The molecule has 3 aromatic carbocycles. The number of carbonyl (C=O) groups excluding carboxylic acids is 2.